The van der Waals surface area contributed by atoms with Gasteiger partial charge in [0, 0.05) is 24.8 Å². The summed E-state index contributed by atoms with van der Waals surface area (Å²) >= 11 is 0. The normalized spacial score (nSPS) is 16.3. The largest absolute Gasteiger partial charge is 0.492 e. The Morgan fingerprint density at radius 1 is 0.773 bits per heavy atom. The molecule has 2 unspecified atom stereocenters. The van der Waals surface area contributed by atoms with Crippen molar-refractivity contribution in [2.24, 2.45) is 0 Å². The number of aliphatic carboxylic acids is 1. The highest BCUT2D eigenvalue weighted by Crippen LogP contribution is 2.31. The van der Waals surface area contributed by atoms with Gasteiger partial charge < -0.3 is 38.7 Å². The molecule has 0 saturated carbocycles. The minimum Gasteiger partial charge on any atom is -0.481 e. The van der Waals surface area contributed by atoms with Crippen LogP contribution in [0, 0.1) is 0 Å². The number of benzene rings is 2. The highest BCUT2D eigenvalue weighted by molar-refractivity contribution is 6.62. The second-order valence-electron chi connectivity index (χ2n) is 9.41. The van der Waals surface area contributed by atoms with E-state index in [9.17, 15) is 19.6 Å². The fourth-order valence-corrected chi connectivity index (χ4v) is 4.58. The fraction of sp³-hybridized carbons (Fsp3) is 0.214. The Kier molecular flexibility index (Phi) is 9.76. The van der Waals surface area contributed by atoms with Crippen molar-refractivity contribution in [3.8, 4) is 23.5 Å². The molecule has 4 heterocycles. The third kappa shape index (κ3) is 7.54. The first-order chi connectivity index (χ1) is 21.3. The molecule has 0 aliphatic carbocycles. The summed E-state index contributed by atoms with van der Waals surface area (Å²) in [5, 5.41) is 28.7. The maximum absolute atomic E-state index is 11.6. The second-order valence-corrected chi connectivity index (χ2v) is 9.41. The standard InChI is InChI=1S/C15H15BN2O5.C13H11BN2O5/c1-2-21-14(19)9-13-11-5-4-10(8-12(11)16(20)23-13)22-15-17-6-3-7-18-15;17-12(18)7-11-9-3-2-8(6-10(9)14(19)21-11)20-13-15-4-1-5-16-13/h3-8,13,20H,2,9H2,1H3;1-6,11,19H,7H2,(H,17,18). The first kappa shape index (κ1) is 30.6. The minimum atomic E-state index is -1.16. The summed E-state index contributed by atoms with van der Waals surface area (Å²) in [6.07, 6.45) is 4.92. The molecule has 2 aliphatic heterocycles. The van der Waals surface area contributed by atoms with Crippen molar-refractivity contribution in [2.75, 3.05) is 6.61 Å². The zero-order chi connectivity index (χ0) is 31.1. The van der Waals surface area contributed by atoms with Crippen molar-refractivity contribution in [1.82, 2.24) is 19.9 Å². The quantitative estimate of drug-likeness (QED) is 0.185. The summed E-state index contributed by atoms with van der Waals surface area (Å²) in [6, 6.07) is 13.8. The number of rotatable bonds is 9. The van der Waals surface area contributed by atoms with Gasteiger partial charge in [-0.1, -0.05) is 12.1 Å². The molecule has 0 saturated heterocycles. The van der Waals surface area contributed by atoms with Crippen LogP contribution in [0.3, 0.4) is 0 Å². The molecule has 0 spiro atoms. The highest BCUT2D eigenvalue weighted by Gasteiger charge is 2.37. The van der Waals surface area contributed by atoms with Crippen LogP contribution in [0.25, 0.3) is 0 Å². The van der Waals surface area contributed by atoms with Crippen molar-refractivity contribution in [2.45, 2.75) is 32.0 Å². The van der Waals surface area contributed by atoms with Crippen molar-refractivity contribution >= 4 is 37.1 Å². The van der Waals surface area contributed by atoms with Gasteiger partial charge >= 0.3 is 38.2 Å². The highest BCUT2D eigenvalue weighted by atomic mass is 16.6. The second kappa shape index (κ2) is 14.1. The molecule has 0 fully saturated rings. The van der Waals surface area contributed by atoms with Crippen LogP contribution in [-0.4, -0.2) is 67.9 Å². The number of hydrogen-bond acceptors (Lipinski definition) is 13. The molecule has 14 nitrogen and oxygen atoms in total. The Balaban J connectivity index is 0.000000175. The Bertz CT molecular complexity index is 1600. The van der Waals surface area contributed by atoms with Crippen LogP contribution in [0.2, 0.25) is 0 Å². The number of carboxylic acids is 1. The molecule has 3 N–H and O–H groups in total. The van der Waals surface area contributed by atoms with E-state index in [2.05, 4.69) is 19.9 Å². The van der Waals surface area contributed by atoms with Crippen LogP contribution in [0.15, 0.2) is 73.3 Å². The Labute approximate surface area is 251 Å². The Morgan fingerprint density at radius 2 is 1.23 bits per heavy atom. The Morgan fingerprint density at radius 3 is 1.66 bits per heavy atom. The van der Waals surface area contributed by atoms with Gasteiger partial charge in [-0.3, -0.25) is 9.59 Å². The van der Waals surface area contributed by atoms with Crippen molar-refractivity contribution < 1.29 is 48.3 Å². The monoisotopic (exact) mass is 600 g/mol. The average Bonchev–Trinajstić information content (AvgIpc) is 3.48. The van der Waals surface area contributed by atoms with Gasteiger partial charge in [-0.15, -0.1) is 0 Å². The van der Waals surface area contributed by atoms with E-state index >= 15 is 0 Å². The lowest BCUT2D eigenvalue weighted by atomic mass is 9.79. The summed E-state index contributed by atoms with van der Waals surface area (Å²) in [7, 11) is -2.27. The van der Waals surface area contributed by atoms with Gasteiger partial charge in [-0.2, -0.15) is 0 Å². The minimum absolute atomic E-state index is 0.0555. The summed E-state index contributed by atoms with van der Waals surface area (Å²) in [5.74, 6) is -0.429. The molecule has 44 heavy (non-hydrogen) atoms. The lowest BCUT2D eigenvalue weighted by Crippen LogP contribution is -2.28. The third-order valence-corrected chi connectivity index (χ3v) is 6.45. The van der Waals surface area contributed by atoms with Crippen LogP contribution in [0.1, 0.15) is 43.1 Å². The molecule has 16 heteroatoms. The molecule has 2 aliphatic rings. The van der Waals surface area contributed by atoms with E-state index in [1.54, 1.807) is 80.2 Å². The molecule has 2 atom stereocenters. The van der Waals surface area contributed by atoms with Crippen molar-refractivity contribution in [3.63, 3.8) is 0 Å². The van der Waals surface area contributed by atoms with Gasteiger partial charge in [0.2, 0.25) is 0 Å². The summed E-state index contributed by atoms with van der Waals surface area (Å²) < 4.78 is 26.6. The maximum atomic E-state index is 11.6. The number of aromatic nitrogens is 4. The zero-order valence-electron chi connectivity index (χ0n) is 23.3. The number of nitrogens with zero attached hydrogens (tertiary/aromatic N) is 4. The number of esters is 1. The van der Waals surface area contributed by atoms with Crippen LogP contribution in [0.4, 0.5) is 0 Å². The maximum Gasteiger partial charge on any atom is 0.492 e. The molecule has 0 radical (unpaired) electrons. The number of carbonyl (C=O) groups is 2. The molecule has 6 rings (SSSR count). The number of carboxylic acid groups (broad SMARTS) is 1. The Hall–Kier alpha value is -4.89. The zero-order valence-corrected chi connectivity index (χ0v) is 23.3. The van der Waals surface area contributed by atoms with Crippen LogP contribution in [0.5, 0.6) is 23.5 Å². The van der Waals surface area contributed by atoms with Crippen LogP contribution < -0.4 is 20.4 Å². The van der Waals surface area contributed by atoms with Gasteiger partial charge in [-0.25, -0.2) is 19.9 Å². The topological polar surface area (TPSA) is 193 Å². The lowest BCUT2D eigenvalue weighted by Gasteiger charge is -2.11. The summed E-state index contributed by atoms with van der Waals surface area (Å²) in [4.78, 5) is 38.2. The smallest absolute Gasteiger partial charge is 0.481 e. The molecule has 0 bridgehead atoms. The first-order valence-corrected chi connectivity index (χ1v) is 13.5. The number of carbonyl (C=O) groups excluding carboxylic acids is 1. The van der Waals surface area contributed by atoms with E-state index < -0.39 is 32.4 Å². The van der Waals surface area contributed by atoms with Crippen LogP contribution >= 0.6 is 0 Å². The predicted molar refractivity (Wildman–Crippen MR) is 153 cm³/mol. The third-order valence-electron chi connectivity index (χ3n) is 6.45. The molecule has 2 aromatic carbocycles. The van der Waals surface area contributed by atoms with E-state index in [4.69, 9.17) is 28.6 Å². The van der Waals surface area contributed by atoms with E-state index in [-0.39, 0.29) is 30.8 Å². The van der Waals surface area contributed by atoms with E-state index in [1.165, 1.54) is 0 Å². The molecular formula is C28H26B2N4O10. The van der Waals surface area contributed by atoms with Gasteiger partial charge in [0.25, 0.3) is 0 Å². The molecule has 0 amide bonds. The van der Waals surface area contributed by atoms with Gasteiger partial charge in [-0.05, 0) is 65.4 Å². The molecule has 224 valence electrons. The molecular weight excluding hydrogens is 574 g/mol. The van der Waals surface area contributed by atoms with E-state index in [0.717, 1.165) is 5.56 Å². The van der Waals surface area contributed by atoms with Crippen molar-refractivity contribution in [1.29, 1.82) is 0 Å². The number of fused-ring (bicyclic) bond motifs is 2. The lowest BCUT2D eigenvalue weighted by molar-refractivity contribution is -0.145. The number of ether oxygens (including phenoxy) is 3. The predicted octanol–water partition coefficient (Wildman–Crippen LogP) is 1.48. The SMILES string of the molecule is CCOC(=O)CC1OB(O)c2cc(Oc3ncccn3)ccc21.O=C(O)CC1OB(O)c2cc(Oc3ncccn3)ccc21. The molecule has 2 aromatic heterocycles. The first-order valence-electron chi connectivity index (χ1n) is 13.5. The van der Waals surface area contributed by atoms with Gasteiger partial charge in [0.1, 0.15) is 11.5 Å². The number of hydrogen-bond donors (Lipinski definition) is 3. The fourth-order valence-electron chi connectivity index (χ4n) is 4.58. The van der Waals surface area contributed by atoms with Gasteiger partial charge in [0.15, 0.2) is 0 Å². The van der Waals surface area contributed by atoms with E-state index in [0.29, 0.717) is 34.6 Å². The molecule has 4 aromatic rings. The van der Waals surface area contributed by atoms with Crippen LogP contribution in [-0.2, 0) is 23.6 Å². The van der Waals surface area contributed by atoms with Crippen molar-refractivity contribution in [3.05, 3.63) is 84.4 Å². The summed E-state index contributed by atoms with van der Waals surface area (Å²) in [6.45, 7) is 2.05. The summed E-state index contributed by atoms with van der Waals surface area (Å²) in [5.41, 5.74) is 2.44. The average molecular weight is 600 g/mol. The van der Waals surface area contributed by atoms with Gasteiger partial charge in [0.05, 0.1) is 31.7 Å². The van der Waals surface area contributed by atoms with E-state index in [1.807, 2.05) is 0 Å².